The number of hydrogen-bond donors (Lipinski definition) is 2. The first-order valence-corrected chi connectivity index (χ1v) is 7.11. The first kappa shape index (κ1) is 12.3. The van der Waals surface area contributed by atoms with E-state index in [1.165, 1.54) is 64.5 Å². The van der Waals surface area contributed by atoms with Crippen LogP contribution >= 0.6 is 0 Å². The van der Waals surface area contributed by atoms with Gasteiger partial charge in [-0.25, -0.2) is 5.01 Å². The number of hydrogen-bond acceptors (Lipinski definition) is 3. The van der Waals surface area contributed by atoms with Crippen LogP contribution in [0.5, 0.6) is 0 Å². The van der Waals surface area contributed by atoms with Crippen molar-refractivity contribution in [2.75, 3.05) is 19.6 Å². The third-order valence-electron chi connectivity index (χ3n) is 4.18. The number of nitrogens with two attached hydrogens (primary N) is 1. The molecule has 1 aliphatic heterocycles. The fraction of sp³-hybridized carbons (Fsp3) is 1.00. The number of rotatable bonds is 4. The van der Waals surface area contributed by atoms with Crippen molar-refractivity contribution in [2.45, 2.75) is 57.4 Å². The first-order valence-electron chi connectivity index (χ1n) is 7.11. The summed E-state index contributed by atoms with van der Waals surface area (Å²) >= 11 is 0. The van der Waals surface area contributed by atoms with Crippen molar-refractivity contribution in [2.24, 2.45) is 11.7 Å². The van der Waals surface area contributed by atoms with E-state index in [0.717, 1.165) is 12.5 Å². The van der Waals surface area contributed by atoms with Gasteiger partial charge in [0.1, 0.15) is 0 Å². The van der Waals surface area contributed by atoms with E-state index >= 15 is 0 Å². The molecule has 0 aromatic heterocycles. The Morgan fingerprint density at radius 1 is 1.00 bits per heavy atom. The monoisotopic (exact) mass is 225 g/mol. The molecule has 0 radical (unpaired) electrons. The minimum Gasteiger partial charge on any atom is -0.329 e. The molecule has 1 atom stereocenters. The number of piperidine rings is 1. The molecule has 0 spiro atoms. The molecule has 0 aromatic carbocycles. The van der Waals surface area contributed by atoms with E-state index in [0.29, 0.717) is 6.04 Å². The molecule has 2 fully saturated rings. The SMILES string of the molecule is NCC(NN1CCCCC1)C1CCCCC1. The van der Waals surface area contributed by atoms with Gasteiger partial charge in [0.25, 0.3) is 0 Å². The summed E-state index contributed by atoms with van der Waals surface area (Å²) in [4.78, 5) is 0. The highest BCUT2D eigenvalue weighted by Gasteiger charge is 2.24. The average molecular weight is 225 g/mol. The number of hydrazine groups is 1. The molecule has 2 aliphatic rings. The minimum absolute atomic E-state index is 0.526. The van der Waals surface area contributed by atoms with Gasteiger partial charge in [0.05, 0.1) is 0 Å². The molecule has 0 amide bonds. The van der Waals surface area contributed by atoms with Crippen LogP contribution in [0, 0.1) is 5.92 Å². The van der Waals surface area contributed by atoms with Gasteiger partial charge in [-0.05, 0) is 31.6 Å². The van der Waals surface area contributed by atoms with Gasteiger partial charge in [-0.1, -0.05) is 25.7 Å². The zero-order valence-electron chi connectivity index (χ0n) is 10.5. The summed E-state index contributed by atoms with van der Waals surface area (Å²) in [7, 11) is 0. The Balaban J connectivity index is 1.78. The van der Waals surface area contributed by atoms with Crippen LogP contribution in [0.25, 0.3) is 0 Å². The molecule has 16 heavy (non-hydrogen) atoms. The molecular formula is C13H27N3. The molecule has 3 heteroatoms. The van der Waals surface area contributed by atoms with Crippen molar-refractivity contribution < 1.29 is 0 Å². The van der Waals surface area contributed by atoms with Crippen molar-refractivity contribution in [3.05, 3.63) is 0 Å². The predicted octanol–water partition coefficient (Wildman–Crippen LogP) is 1.88. The molecule has 0 aromatic rings. The van der Waals surface area contributed by atoms with Gasteiger partial charge in [-0.15, -0.1) is 0 Å². The van der Waals surface area contributed by atoms with E-state index in [9.17, 15) is 0 Å². The maximum atomic E-state index is 5.93. The van der Waals surface area contributed by atoms with Crippen LogP contribution in [-0.4, -0.2) is 30.7 Å². The third-order valence-corrected chi connectivity index (χ3v) is 4.18. The van der Waals surface area contributed by atoms with E-state index in [1.807, 2.05) is 0 Å². The summed E-state index contributed by atoms with van der Waals surface area (Å²) in [6.45, 7) is 3.22. The zero-order chi connectivity index (χ0) is 11.2. The number of nitrogens with one attached hydrogen (secondary N) is 1. The highest BCUT2D eigenvalue weighted by Crippen LogP contribution is 2.26. The lowest BCUT2D eigenvalue weighted by Crippen LogP contribution is -2.53. The first-order chi connectivity index (χ1) is 7.90. The minimum atomic E-state index is 0.526. The maximum Gasteiger partial charge on any atom is 0.0366 e. The topological polar surface area (TPSA) is 41.3 Å². The van der Waals surface area contributed by atoms with Gasteiger partial charge >= 0.3 is 0 Å². The molecule has 1 unspecified atom stereocenters. The van der Waals surface area contributed by atoms with Crippen LogP contribution in [0.1, 0.15) is 51.4 Å². The molecule has 0 bridgehead atoms. The average Bonchev–Trinajstić information content (AvgIpc) is 2.38. The second-order valence-corrected chi connectivity index (χ2v) is 5.42. The standard InChI is InChI=1S/C13H27N3/c14-11-13(12-7-3-1-4-8-12)15-16-9-5-2-6-10-16/h12-13,15H,1-11,14H2. The summed E-state index contributed by atoms with van der Waals surface area (Å²) < 4.78 is 0. The third kappa shape index (κ3) is 3.44. The van der Waals surface area contributed by atoms with Crippen LogP contribution in [0.2, 0.25) is 0 Å². The molecular weight excluding hydrogens is 198 g/mol. The smallest absolute Gasteiger partial charge is 0.0366 e. The van der Waals surface area contributed by atoms with E-state index in [4.69, 9.17) is 5.73 Å². The zero-order valence-corrected chi connectivity index (χ0v) is 10.5. The molecule has 2 rings (SSSR count). The Labute approximate surface area is 99.7 Å². The molecule has 3 nitrogen and oxygen atoms in total. The summed E-state index contributed by atoms with van der Waals surface area (Å²) in [6, 6.07) is 0.526. The van der Waals surface area contributed by atoms with Gasteiger partial charge in [0.2, 0.25) is 0 Å². The lowest BCUT2D eigenvalue weighted by molar-refractivity contribution is 0.0993. The van der Waals surface area contributed by atoms with Gasteiger partial charge in [0.15, 0.2) is 0 Å². The van der Waals surface area contributed by atoms with Gasteiger partial charge in [-0.3, -0.25) is 5.43 Å². The van der Waals surface area contributed by atoms with E-state index in [2.05, 4.69) is 10.4 Å². The van der Waals surface area contributed by atoms with E-state index < -0.39 is 0 Å². The molecule has 1 aliphatic carbocycles. The Morgan fingerprint density at radius 2 is 1.62 bits per heavy atom. The summed E-state index contributed by atoms with van der Waals surface area (Å²) in [5.74, 6) is 0.820. The quantitative estimate of drug-likeness (QED) is 0.767. The largest absolute Gasteiger partial charge is 0.329 e. The lowest BCUT2D eigenvalue weighted by Gasteiger charge is -2.36. The molecule has 1 heterocycles. The van der Waals surface area contributed by atoms with E-state index in [1.54, 1.807) is 0 Å². The van der Waals surface area contributed by atoms with Crippen molar-refractivity contribution in [1.29, 1.82) is 0 Å². The maximum absolute atomic E-state index is 5.93. The summed E-state index contributed by atoms with van der Waals surface area (Å²) in [6.07, 6.45) is 11.1. The Hall–Kier alpha value is -0.120. The van der Waals surface area contributed by atoms with Gasteiger partial charge < -0.3 is 5.73 Å². The summed E-state index contributed by atoms with van der Waals surface area (Å²) in [5.41, 5.74) is 9.62. The fourth-order valence-corrected chi connectivity index (χ4v) is 3.14. The molecule has 1 saturated carbocycles. The highest BCUT2D eigenvalue weighted by molar-refractivity contribution is 4.80. The Morgan fingerprint density at radius 3 is 2.25 bits per heavy atom. The fourth-order valence-electron chi connectivity index (χ4n) is 3.14. The predicted molar refractivity (Wildman–Crippen MR) is 68.0 cm³/mol. The summed E-state index contributed by atoms with van der Waals surface area (Å²) in [5, 5.41) is 2.41. The van der Waals surface area contributed by atoms with E-state index in [-0.39, 0.29) is 0 Å². The van der Waals surface area contributed by atoms with Gasteiger partial charge in [-0.2, -0.15) is 0 Å². The van der Waals surface area contributed by atoms with Crippen LogP contribution < -0.4 is 11.2 Å². The lowest BCUT2D eigenvalue weighted by atomic mass is 9.84. The van der Waals surface area contributed by atoms with Crippen molar-refractivity contribution in [3.8, 4) is 0 Å². The highest BCUT2D eigenvalue weighted by atomic mass is 15.5. The number of nitrogens with zero attached hydrogens (tertiary/aromatic N) is 1. The van der Waals surface area contributed by atoms with Crippen LogP contribution in [0.4, 0.5) is 0 Å². The molecule has 3 N–H and O–H groups in total. The second-order valence-electron chi connectivity index (χ2n) is 5.42. The van der Waals surface area contributed by atoms with Crippen molar-refractivity contribution in [3.63, 3.8) is 0 Å². The normalized spacial score (nSPS) is 26.8. The van der Waals surface area contributed by atoms with Crippen molar-refractivity contribution >= 4 is 0 Å². The van der Waals surface area contributed by atoms with Crippen LogP contribution in [-0.2, 0) is 0 Å². The van der Waals surface area contributed by atoms with Crippen molar-refractivity contribution in [1.82, 2.24) is 10.4 Å². The van der Waals surface area contributed by atoms with Crippen LogP contribution in [0.3, 0.4) is 0 Å². The molecule has 1 saturated heterocycles. The Kier molecular flexibility index (Phi) is 5.07. The molecule has 94 valence electrons. The van der Waals surface area contributed by atoms with Crippen LogP contribution in [0.15, 0.2) is 0 Å². The Bertz CT molecular complexity index is 184. The van der Waals surface area contributed by atoms with Gasteiger partial charge in [0, 0.05) is 25.7 Å². The second kappa shape index (κ2) is 6.58.